The first kappa shape index (κ1) is 28.7. The van der Waals surface area contributed by atoms with E-state index in [4.69, 9.17) is 11.6 Å². The zero-order chi connectivity index (χ0) is 26.2. The summed E-state index contributed by atoms with van der Waals surface area (Å²) in [6.07, 6.45) is 2.01. The van der Waals surface area contributed by atoms with Gasteiger partial charge in [-0.1, -0.05) is 42.8 Å². The van der Waals surface area contributed by atoms with Crippen LogP contribution < -0.4 is 9.62 Å². The number of hydrogen-bond donors (Lipinski definition) is 1. The molecule has 1 atom stereocenters. The minimum absolute atomic E-state index is 0.0944. The van der Waals surface area contributed by atoms with Crippen LogP contribution in [0.2, 0.25) is 5.02 Å². The number of amides is 2. The Morgan fingerprint density at radius 1 is 1.06 bits per heavy atom. The van der Waals surface area contributed by atoms with Gasteiger partial charge >= 0.3 is 0 Å². The number of rotatable bonds is 12. The lowest BCUT2D eigenvalue weighted by atomic mass is 10.1. The molecule has 0 spiro atoms. The van der Waals surface area contributed by atoms with Gasteiger partial charge in [-0.2, -0.15) is 0 Å². The van der Waals surface area contributed by atoms with Crippen molar-refractivity contribution in [3.8, 4) is 0 Å². The molecule has 7 nitrogen and oxygen atoms in total. The molecule has 2 aromatic carbocycles. The lowest BCUT2D eigenvalue weighted by Crippen LogP contribution is -2.49. The van der Waals surface area contributed by atoms with Crippen molar-refractivity contribution in [2.24, 2.45) is 0 Å². The topological polar surface area (TPSA) is 86.8 Å². The van der Waals surface area contributed by atoms with Crippen molar-refractivity contribution in [2.45, 2.75) is 59.5 Å². The highest BCUT2D eigenvalue weighted by Gasteiger charge is 2.29. The Balaban J connectivity index is 2.24. The first-order valence-electron chi connectivity index (χ1n) is 11.8. The van der Waals surface area contributed by atoms with Crippen LogP contribution >= 0.6 is 11.6 Å². The van der Waals surface area contributed by atoms with E-state index < -0.39 is 16.1 Å². The van der Waals surface area contributed by atoms with E-state index in [9.17, 15) is 18.0 Å². The summed E-state index contributed by atoms with van der Waals surface area (Å²) in [5, 5.41) is 3.33. The Morgan fingerprint density at radius 3 is 2.23 bits per heavy atom. The van der Waals surface area contributed by atoms with Crippen molar-refractivity contribution in [2.75, 3.05) is 23.7 Å². The Labute approximate surface area is 214 Å². The number of sulfonamides is 1. The van der Waals surface area contributed by atoms with Gasteiger partial charge in [-0.05, 0) is 68.5 Å². The maximum absolute atomic E-state index is 13.4. The van der Waals surface area contributed by atoms with E-state index in [1.807, 2.05) is 64.1 Å². The van der Waals surface area contributed by atoms with Crippen molar-refractivity contribution in [1.29, 1.82) is 0 Å². The molecule has 192 valence electrons. The van der Waals surface area contributed by atoms with Crippen LogP contribution in [0.4, 0.5) is 5.69 Å². The molecule has 0 fully saturated rings. The molecule has 0 saturated heterocycles. The van der Waals surface area contributed by atoms with Gasteiger partial charge in [0.15, 0.2) is 0 Å². The van der Waals surface area contributed by atoms with Crippen molar-refractivity contribution < 1.29 is 18.0 Å². The minimum atomic E-state index is -3.54. The molecular weight excluding hydrogens is 486 g/mol. The van der Waals surface area contributed by atoms with Crippen LogP contribution in [0.3, 0.4) is 0 Å². The van der Waals surface area contributed by atoms with E-state index >= 15 is 0 Å². The molecule has 0 aromatic heterocycles. The summed E-state index contributed by atoms with van der Waals surface area (Å²) in [5.74, 6) is -0.444. The largest absolute Gasteiger partial charge is 0.355 e. The van der Waals surface area contributed by atoms with E-state index in [1.165, 1.54) is 10.6 Å². The summed E-state index contributed by atoms with van der Waals surface area (Å²) in [4.78, 5) is 27.7. The average Bonchev–Trinajstić information content (AvgIpc) is 2.76. The molecule has 1 N–H and O–H groups in total. The zero-order valence-electron chi connectivity index (χ0n) is 21.2. The standard InChI is InChI=1S/C26H36ClN3O4S/c1-6-24(26(32)28-7-2)29(18-21-11-8-9-12-23(21)27)25(31)13-10-14-30(35(5,33)34)22-16-19(3)15-20(4)17-22/h8-9,11-12,15-17,24H,6-7,10,13-14,18H2,1-5H3,(H,28,32)/t24-/m0/s1. The van der Waals surface area contributed by atoms with Crippen molar-refractivity contribution in [1.82, 2.24) is 10.2 Å². The predicted molar refractivity (Wildman–Crippen MR) is 142 cm³/mol. The van der Waals surface area contributed by atoms with Crippen LogP contribution in [0, 0.1) is 13.8 Å². The van der Waals surface area contributed by atoms with Gasteiger partial charge in [0.05, 0.1) is 11.9 Å². The van der Waals surface area contributed by atoms with Gasteiger partial charge in [0, 0.05) is 31.1 Å². The highest BCUT2D eigenvalue weighted by Crippen LogP contribution is 2.23. The van der Waals surface area contributed by atoms with E-state index in [1.54, 1.807) is 11.0 Å². The first-order valence-corrected chi connectivity index (χ1v) is 14.1. The first-order chi connectivity index (χ1) is 16.5. The van der Waals surface area contributed by atoms with E-state index in [-0.39, 0.29) is 31.3 Å². The number of likely N-dealkylation sites (N-methyl/N-ethyl adjacent to an activating group) is 1. The minimum Gasteiger partial charge on any atom is -0.355 e. The predicted octanol–water partition coefficient (Wildman–Crippen LogP) is 4.45. The SMILES string of the molecule is CCNC(=O)[C@H](CC)N(Cc1ccccc1Cl)C(=O)CCCN(c1cc(C)cc(C)c1)S(C)(=O)=O. The van der Waals surface area contributed by atoms with E-state index in [2.05, 4.69) is 5.32 Å². The van der Waals surface area contributed by atoms with Gasteiger partial charge < -0.3 is 10.2 Å². The fraction of sp³-hybridized carbons (Fsp3) is 0.462. The second kappa shape index (κ2) is 12.9. The van der Waals surface area contributed by atoms with Crippen LogP contribution in [-0.4, -0.2) is 50.5 Å². The molecule has 2 aromatic rings. The van der Waals surface area contributed by atoms with Gasteiger partial charge in [0.25, 0.3) is 0 Å². The van der Waals surface area contributed by atoms with Crippen LogP contribution in [0.5, 0.6) is 0 Å². The molecule has 0 unspecified atom stereocenters. The van der Waals surface area contributed by atoms with Gasteiger partial charge in [-0.15, -0.1) is 0 Å². The molecule has 0 bridgehead atoms. The number of benzene rings is 2. The molecule has 0 aliphatic carbocycles. The summed E-state index contributed by atoms with van der Waals surface area (Å²) in [7, 11) is -3.54. The Kier molecular flexibility index (Phi) is 10.6. The zero-order valence-corrected chi connectivity index (χ0v) is 22.7. The Morgan fingerprint density at radius 2 is 1.69 bits per heavy atom. The number of nitrogens with one attached hydrogen (secondary N) is 1. The molecule has 0 aliphatic heterocycles. The fourth-order valence-corrected chi connectivity index (χ4v) is 5.26. The molecular formula is C26H36ClN3O4S. The summed E-state index contributed by atoms with van der Waals surface area (Å²) in [6.45, 7) is 8.34. The average molecular weight is 522 g/mol. The quantitative estimate of drug-likeness (QED) is 0.447. The van der Waals surface area contributed by atoms with Crippen molar-refractivity contribution in [3.05, 3.63) is 64.2 Å². The summed E-state index contributed by atoms with van der Waals surface area (Å²) in [5.41, 5.74) is 3.25. The number of hydrogen-bond acceptors (Lipinski definition) is 4. The number of aryl methyl sites for hydroxylation is 2. The second-order valence-electron chi connectivity index (χ2n) is 8.72. The van der Waals surface area contributed by atoms with Crippen molar-refractivity contribution >= 4 is 39.1 Å². The number of anilines is 1. The van der Waals surface area contributed by atoms with Crippen LogP contribution in [0.25, 0.3) is 0 Å². The third kappa shape index (κ3) is 8.25. The lowest BCUT2D eigenvalue weighted by Gasteiger charge is -2.31. The number of halogens is 1. The van der Waals surface area contributed by atoms with Gasteiger partial charge in [0.2, 0.25) is 21.8 Å². The Bertz CT molecular complexity index is 1120. The molecule has 0 radical (unpaired) electrons. The van der Waals surface area contributed by atoms with Crippen LogP contribution in [0.1, 0.15) is 49.8 Å². The highest BCUT2D eigenvalue weighted by atomic mass is 35.5. The molecule has 35 heavy (non-hydrogen) atoms. The maximum Gasteiger partial charge on any atom is 0.242 e. The summed E-state index contributed by atoms with van der Waals surface area (Å²) >= 11 is 6.34. The summed E-state index contributed by atoms with van der Waals surface area (Å²) in [6, 6.07) is 12.2. The van der Waals surface area contributed by atoms with E-state index in [0.717, 1.165) is 16.7 Å². The fourth-order valence-electron chi connectivity index (χ4n) is 4.12. The van der Waals surface area contributed by atoms with Crippen LogP contribution in [-0.2, 0) is 26.2 Å². The lowest BCUT2D eigenvalue weighted by molar-refractivity contribution is -0.141. The third-order valence-corrected chi connectivity index (χ3v) is 7.24. The van der Waals surface area contributed by atoms with Crippen molar-refractivity contribution in [3.63, 3.8) is 0 Å². The highest BCUT2D eigenvalue weighted by molar-refractivity contribution is 7.92. The third-order valence-electron chi connectivity index (χ3n) is 5.68. The Hall–Kier alpha value is -2.58. The van der Waals surface area contributed by atoms with Gasteiger partial charge in [0.1, 0.15) is 6.04 Å². The van der Waals surface area contributed by atoms with Gasteiger partial charge in [-0.3, -0.25) is 13.9 Å². The van der Waals surface area contributed by atoms with E-state index in [0.29, 0.717) is 30.1 Å². The second-order valence-corrected chi connectivity index (χ2v) is 11.0. The molecule has 2 amide bonds. The number of carbonyl (C=O) groups is 2. The summed E-state index contributed by atoms with van der Waals surface area (Å²) < 4.78 is 26.4. The monoisotopic (exact) mass is 521 g/mol. The molecule has 9 heteroatoms. The molecule has 0 saturated carbocycles. The molecule has 0 heterocycles. The molecule has 2 rings (SSSR count). The van der Waals surface area contributed by atoms with Crippen LogP contribution in [0.15, 0.2) is 42.5 Å². The number of nitrogens with zero attached hydrogens (tertiary/aromatic N) is 2. The normalized spacial score (nSPS) is 12.2. The molecule has 0 aliphatic rings. The smallest absolute Gasteiger partial charge is 0.242 e. The van der Waals surface area contributed by atoms with Gasteiger partial charge in [-0.25, -0.2) is 8.42 Å². The maximum atomic E-state index is 13.4. The number of carbonyl (C=O) groups excluding carboxylic acids is 2.